The Morgan fingerprint density at radius 2 is 1.95 bits per heavy atom. The molecule has 1 unspecified atom stereocenters. The fraction of sp³-hybridized carbons (Fsp3) is 0.600. The molecule has 0 aliphatic heterocycles. The van der Waals surface area contributed by atoms with Crippen molar-refractivity contribution in [2.75, 3.05) is 6.54 Å². The number of hydrogen-bond donors (Lipinski definition) is 1. The van der Waals surface area contributed by atoms with E-state index in [1.54, 1.807) is 12.1 Å². The number of unbranched alkanes of at least 4 members (excludes halogenated alkanes) is 1. The minimum absolute atomic E-state index is 0.158. The molecule has 0 fully saturated rings. The Balaban J connectivity index is 2.33. The Hall–Kier alpha value is -1.42. The van der Waals surface area contributed by atoms with Gasteiger partial charge in [-0.2, -0.15) is 0 Å². The first-order valence-electron chi connectivity index (χ1n) is 7.14. The van der Waals surface area contributed by atoms with E-state index in [4.69, 9.17) is 0 Å². The summed E-state index contributed by atoms with van der Waals surface area (Å²) in [4.78, 5) is 10.2. The van der Waals surface area contributed by atoms with Crippen LogP contribution in [-0.2, 0) is 6.42 Å². The molecule has 0 spiro atoms. The highest BCUT2D eigenvalue weighted by atomic mass is 16.6. The summed E-state index contributed by atoms with van der Waals surface area (Å²) < 4.78 is 0. The predicted molar refractivity (Wildman–Crippen MR) is 78.4 cm³/mol. The number of benzene rings is 1. The van der Waals surface area contributed by atoms with Gasteiger partial charge in [-0.25, -0.2) is 0 Å². The first-order valence-corrected chi connectivity index (χ1v) is 7.14. The Morgan fingerprint density at radius 3 is 2.47 bits per heavy atom. The number of nitro benzene ring substituents is 1. The second kappa shape index (κ2) is 8.64. The molecule has 1 atom stereocenters. The highest BCUT2D eigenvalue weighted by Gasteiger charge is 2.06. The molecule has 1 rings (SSSR count). The standard InChI is InChI=1S/C15H24N2O2/c1-3-5-6-14(4-2)16-12-11-13-7-9-15(10-8-13)17(18)19/h7-10,14,16H,3-6,11-12H2,1-2H3. The van der Waals surface area contributed by atoms with Gasteiger partial charge in [-0.3, -0.25) is 10.1 Å². The molecule has 1 N–H and O–H groups in total. The van der Waals surface area contributed by atoms with E-state index in [9.17, 15) is 10.1 Å². The van der Waals surface area contributed by atoms with Crippen LogP contribution in [0, 0.1) is 10.1 Å². The SMILES string of the molecule is CCCCC(CC)NCCc1ccc([N+](=O)[O-])cc1. The summed E-state index contributed by atoms with van der Waals surface area (Å²) in [6.07, 6.45) is 5.80. The van der Waals surface area contributed by atoms with E-state index in [0.29, 0.717) is 6.04 Å². The normalized spacial score (nSPS) is 12.3. The molecular formula is C15H24N2O2. The smallest absolute Gasteiger partial charge is 0.269 e. The summed E-state index contributed by atoms with van der Waals surface area (Å²) in [6, 6.07) is 7.42. The van der Waals surface area contributed by atoms with Gasteiger partial charge in [0.2, 0.25) is 0 Å². The molecule has 0 amide bonds. The van der Waals surface area contributed by atoms with Crippen LogP contribution in [-0.4, -0.2) is 17.5 Å². The Morgan fingerprint density at radius 1 is 1.26 bits per heavy atom. The van der Waals surface area contributed by atoms with Crippen LogP contribution < -0.4 is 5.32 Å². The van der Waals surface area contributed by atoms with E-state index < -0.39 is 0 Å². The number of rotatable bonds is 9. The second-order valence-electron chi connectivity index (χ2n) is 4.88. The number of non-ortho nitro benzene ring substituents is 1. The molecule has 0 bridgehead atoms. The molecule has 1 aromatic rings. The maximum Gasteiger partial charge on any atom is 0.269 e. The van der Waals surface area contributed by atoms with Gasteiger partial charge < -0.3 is 5.32 Å². The first kappa shape index (κ1) is 15.6. The van der Waals surface area contributed by atoms with E-state index in [1.165, 1.54) is 19.3 Å². The van der Waals surface area contributed by atoms with E-state index in [1.807, 2.05) is 12.1 Å². The summed E-state index contributed by atoms with van der Waals surface area (Å²) in [5.74, 6) is 0. The lowest BCUT2D eigenvalue weighted by molar-refractivity contribution is -0.384. The average Bonchev–Trinajstić information content (AvgIpc) is 2.43. The van der Waals surface area contributed by atoms with E-state index in [-0.39, 0.29) is 10.6 Å². The van der Waals surface area contributed by atoms with Crippen molar-refractivity contribution in [1.29, 1.82) is 0 Å². The molecule has 0 saturated carbocycles. The number of nitrogens with zero attached hydrogens (tertiary/aromatic N) is 1. The maximum absolute atomic E-state index is 10.5. The van der Waals surface area contributed by atoms with Gasteiger partial charge in [0.15, 0.2) is 0 Å². The lowest BCUT2D eigenvalue weighted by Gasteiger charge is -2.16. The Bertz CT molecular complexity index is 376. The summed E-state index contributed by atoms with van der Waals surface area (Å²) in [6.45, 7) is 5.35. The lowest BCUT2D eigenvalue weighted by Crippen LogP contribution is -2.30. The molecule has 0 aliphatic rings. The van der Waals surface area contributed by atoms with E-state index >= 15 is 0 Å². The fourth-order valence-electron chi connectivity index (χ4n) is 2.11. The topological polar surface area (TPSA) is 55.2 Å². The quantitative estimate of drug-likeness (QED) is 0.546. The maximum atomic E-state index is 10.5. The summed E-state index contributed by atoms with van der Waals surface area (Å²) >= 11 is 0. The van der Waals surface area contributed by atoms with Crippen molar-refractivity contribution in [3.05, 3.63) is 39.9 Å². The van der Waals surface area contributed by atoms with Crippen LogP contribution in [0.2, 0.25) is 0 Å². The molecular weight excluding hydrogens is 240 g/mol. The number of nitro groups is 1. The predicted octanol–water partition coefficient (Wildman–Crippen LogP) is 3.70. The zero-order chi connectivity index (χ0) is 14.1. The Kier molecular flexibility index (Phi) is 7.11. The highest BCUT2D eigenvalue weighted by molar-refractivity contribution is 5.32. The third-order valence-corrected chi connectivity index (χ3v) is 3.39. The molecule has 4 heteroatoms. The highest BCUT2D eigenvalue weighted by Crippen LogP contribution is 2.12. The molecule has 0 aromatic heterocycles. The molecule has 0 saturated heterocycles. The lowest BCUT2D eigenvalue weighted by atomic mass is 10.1. The van der Waals surface area contributed by atoms with Crippen LogP contribution in [0.3, 0.4) is 0 Å². The average molecular weight is 264 g/mol. The van der Waals surface area contributed by atoms with Gasteiger partial charge in [-0.05, 0) is 31.4 Å². The molecule has 4 nitrogen and oxygen atoms in total. The van der Waals surface area contributed by atoms with Crippen LogP contribution in [0.15, 0.2) is 24.3 Å². The largest absolute Gasteiger partial charge is 0.314 e. The monoisotopic (exact) mass is 264 g/mol. The van der Waals surface area contributed by atoms with Gasteiger partial charge in [0.1, 0.15) is 0 Å². The summed E-state index contributed by atoms with van der Waals surface area (Å²) in [5, 5.41) is 14.1. The minimum atomic E-state index is -0.361. The third-order valence-electron chi connectivity index (χ3n) is 3.39. The zero-order valence-electron chi connectivity index (χ0n) is 11.9. The minimum Gasteiger partial charge on any atom is -0.314 e. The van der Waals surface area contributed by atoms with Crippen molar-refractivity contribution < 1.29 is 4.92 Å². The van der Waals surface area contributed by atoms with Gasteiger partial charge in [0.25, 0.3) is 5.69 Å². The van der Waals surface area contributed by atoms with Gasteiger partial charge in [0.05, 0.1) is 4.92 Å². The van der Waals surface area contributed by atoms with Crippen LogP contribution in [0.4, 0.5) is 5.69 Å². The molecule has 1 aromatic carbocycles. The van der Waals surface area contributed by atoms with Crippen LogP contribution >= 0.6 is 0 Å². The molecule has 106 valence electrons. The van der Waals surface area contributed by atoms with Crippen molar-refractivity contribution in [3.8, 4) is 0 Å². The van der Waals surface area contributed by atoms with Gasteiger partial charge in [-0.1, -0.05) is 38.8 Å². The number of hydrogen-bond acceptors (Lipinski definition) is 3. The Labute approximate surface area is 115 Å². The van der Waals surface area contributed by atoms with Crippen LogP contribution in [0.1, 0.15) is 45.1 Å². The summed E-state index contributed by atoms with van der Waals surface area (Å²) in [5.41, 5.74) is 1.30. The van der Waals surface area contributed by atoms with Crippen molar-refractivity contribution in [2.24, 2.45) is 0 Å². The van der Waals surface area contributed by atoms with Crippen molar-refractivity contribution in [3.63, 3.8) is 0 Å². The second-order valence-corrected chi connectivity index (χ2v) is 4.88. The first-order chi connectivity index (χ1) is 9.17. The van der Waals surface area contributed by atoms with Crippen molar-refractivity contribution in [1.82, 2.24) is 5.32 Å². The van der Waals surface area contributed by atoms with E-state index in [0.717, 1.165) is 24.9 Å². The molecule has 0 heterocycles. The van der Waals surface area contributed by atoms with Gasteiger partial charge in [-0.15, -0.1) is 0 Å². The van der Waals surface area contributed by atoms with Gasteiger partial charge >= 0.3 is 0 Å². The van der Waals surface area contributed by atoms with Crippen molar-refractivity contribution in [2.45, 2.75) is 52.0 Å². The van der Waals surface area contributed by atoms with Crippen molar-refractivity contribution >= 4 is 5.69 Å². The van der Waals surface area contributed by atoms with E-state index in [2.05, 4.69) is 19.2 Å². The fourth-order valence-corrected chi connectivity index (χ4v) is 2.11. The summed E-state index contributed by atoms with van der Waals surface area (Å²) in [7, 11) is 0. The molecule has 0 aliphatic carbocycles. The molecule has 19 heavy (non-hydrogen) atoms. The number of nitrogens with one attached hydrogen (secondary N) is 1. The van der Waals surface area contributed by atoms with Crippen LogP contribution in [0.5, 0.6) is 0 Å². The zero-order valence-corrected chi connectivity index (χ0v) is 11.9. The third kappa shape index (κ3) is 5.83. The van der Waals surface area contributed by atoms with Gasteiger partial charge in [0, 0.05) is 18.2 Å². The van der Waals surface area contributed by atoms with Crippen LogP contribution in [0.25, 0.3) is 0 Å². The molecule has 0 radical (unpaired) electrons.